The number of nitrogens with one attached hydrogen (secondary N) is 1. The molecule has 3 aromatic rings. The topological polar surface area (TPSA) is 76.5 Å². The number of aromatic nitrogens is 2. The van der Waals surface area contributed by atoms with E-state index in [1.807, 2.05) is 54.8 Å². The zero-order chi connectivity index (χ0) is 22.0. The molecule has 1 aliphatic heterocycles. The molecule has 1 N–H and O–H groups in total. The van der Waals surface area contributed by atoms with Crippen molar-refractivity contribution in [2.75, 3.05) is 25.2 Å². The molecule has 2 amide bonds. The highest BCUT2D eigenvalue weighted by Crippen LogP contribution is 2.36. The Hall–Kier alpha value is -2.97. The zero-order valence-electron chi connectivity index (χ0n) is 17.9. The maximum atomic E-state index is 13.8. The first-order chi connectivity index (χ1) is 15.0. The predicted molar refractivity (Wildman–Crippen MR) is 121 cm³/mol. The lowest BCUT2D eigenvalue weighted by molar-refractivity contribution is -0.126. The number of ether oxygens (including phenoxy) is 1. The number of benzene rings is 1. The number of nitrogens with zero attached hydrogens (tertiary/aromatic N) is 3. The van der Waals surface area contributed by atoms with Gasteiger partial charge in [0.2, 0.25) is 5.91 Å². The van der Waals surface area contributed by atoms with Crippen molar-refractivity contribution in [3.05, 3.63) is 59.1 Å². The molecule has 0 fully saturated rings. The van der Waals surface area contributed by atoms with Crippen LogP contribution < -0.4 is 10.2 Å². The van der Waals surface area contributed by atoms with Crippen molar-refractivity contribution in [2.45, 2.75) is 32.4 Å². The minimum absolute atomic E-state index is 0.230. The Morgan fingerprint density at radius 2 is 2.10 bits per heavy atom. The van der Waals surface area contributed by atoms with Crippen molar-refractivity contribution in [3.8, 4) is 10.6 Å². The van der Waals surface area contributed by atoms with Crippen LogP contribution in [0.25, 0.3) is 10.6 Å². The van der Waals surface area contributed by atoms with Gasteiger partial charge in [0.25, 0.3) is 5.91 Å². The molecule has 2 aromatic heterocycles. The van der Waals surface area contributed by atoms with Gasteiger partial charge in [-0.3, -0.25) is 19.2 Å². The first kappa shape index (κ1) is 21.3. The number of aryl methyl sites for hydroxylation is 1. The maximum Gasteiger partial charge on any atom is 0.277 e. The highest BCUT2D eigenvalue weighted by molar-refractivity contribution is 7.13. The van der Waals surface area contributed by atoms with Gasteiger partial charge in [0.05, 0.1) is 18.0 Å². The third kappa shape index (κ3) is 3.77. The predicted octanol–water partition coefficient (Wildman–Crippen LogP) is 3.36. The maximum absolute atomic E-state index is 13.8. The molecular formula is C23H26N4O3S. The molecule has 0 saturated heterocycles. The van der Waals surface area contributed by atoms with E-state index in [1.54, 1.807) is 35.0 Å². The summed E-state index contributed by atoms with van der Waals surface area (Å²) in [5, 5.41) is 9.56. The van der Waals surface area contributed by atoms with Crippen molar-refractivity contribution in [1.82, 2.24) is 15.1 Å². The van der Waals surface area contributed by atoms with Crippen LogP contribution >= 0.6 is 11.3 Å². The SMILES string of the molecule is CCc1ccccc1N1C(=O)c2cc(-c3cccs3)nn2C[C@@]1(C)C(=O)NCCOC. The summed E-state index contributed by atoms with van der Waals surface area (Å²) < 4.78 is 6.74. The van der Waals surface area contributed by atoms with Gasteiger partial charge in [-0.05, 0) is 42.5 Å². The molecule has 7 nitrogen and oxygen atoms in total. The van der Waals surface area contributed by atoms with Gasteiger partial charge >= 0.3 is 0 Å². The summed E-state index contributed by atoms with van der Waals surface area (Å²) in [7, 11) is 1.59. The van der Waals surface area contributed by atoms with Gasteiger partial charge in [-0.25, -0.2) is 0 Å². The second-order valence-electron chi connectivity index (χ2n) is 7.70. The van der Waals surface area contributed by atoms with E-state index in [0.717, 1.165) is 28.2 Å². The van der Waals surface area contributed by atoms with Crippen LogP contribution in [-0.4, -0.2) is 47.4 Å². The Morgan fingerprint density at radius 3 is 2.81 bits per heavy atom. The molecule has 31 heavy (non-hydrogen) atoms. The van der Waals surface area contributed by atoms with E-state index in [4.69, 9.17) is 4.74 Å². The Morgan fingerprint density at radius 1 is 1.29 bits per heavy atom. The lowest BCUT2D eigenvalue weighted by atomic mass is 9.92. The van der Waals surface area contributed by atoms with E-state index in [9.17, 15) is 9.59 Å². The van der Waals surface area contributed by atoms with Crippen molar-refractivity contribution < 1.29 is 14.3 Å². The molecule has 1 aromatic carbocycles. The van der Waals surface area contributed by atoms with Gasteiger partial charge in [0.15, 0.2) is 0 Å². The molecule has 4 rings (SSSR count). The van der Waals surface area contributed by atoms with Crippen LogP contribution in [-0.2, 0) is 22.5 Å². The van der Waals surface area contributed by atoms with Crippen LogP contribution in [0.3, 0.4) is 0 Å². The molecule has 0 bridgehead atoms. The average Bonchev–Trinajstić information content (AvgIpc) is 3.44. The molecule has 1 atom stereocenters. The summed E-state index contributed by atoms with van der Waals surface area (Å²) in [5.74, 6) is -0.463. The summed E-state index contributed by atoms with van der Waals surface area (Å²) in [5.41, 5.74) is 1.85. The molecule has 8 heteroatoms. The molecule has 0 unspecified atom stereocenters. The first-order valence-corrected chi connectivity index (χ1v) is 11.2. The van der Waals surface area contributed by atoms with Crippen LogP contribution in [0.4, 0.5) is 5.69 Å². The van der Waals surface area contributed by atoms with E-state index in [1.165, 1.54) is 0 Å². The fourth-order valence-electron chi connectivity index (χ4n) is 3.99. The minimum atomic E-state index is -1.14. The highest BCUT2D eigenvalue weighted by atomic mass is 32.1. The number of anilines is 1. The fourth-order valence-corrected chi connectivity index (χ4v) is 4.67. The normalized spacial score (nSPS) is 18.2. The number of fused-ring (bicyclic) bond motifs is 1. The Kier molecular flexibility index (Phi) is 5.93. The molecule has 0 saturated carbocycles. The summed E-state index contributed by atoms with van der Waals surface area (Å²) in [6.45, 7) is 4.87. The number of amides is 2. The number of hydrogen-bond acceptors (Lipinski definition) is 5. The Bertz CT molecular complexity index is 1090. The van der Waals surface area contributed by atoms with E-state index >= 15 is 0 Å². The van der Waals surface area contributed by atoms with Crippen molar-refractivity contribution in [1.29, 1.82) is 0 Å². The van der Waals surface area contributed by atoms with Crippen LogP contribution in [0.15, 0.2) is 47.8 Å². The summed E-state index contributed by atoms with van der Waals surface area (Å²) >= 11 is 1.57. The lowest BCUT2D eigenvalue weighted by Crippen LogP contribution is -2.65. The van der Waals surface area contributed by atoms with Crippen molar-refractivity contribution >= 4 is 28.8 Å². The monoisotopic (exact) mass is 438 g/mol. The van der Waals surface area contributed by atoms with Gasteiger partial charge in [0.1, 0.15) is 16.9 Å². The number of thiophene rings is 1. The first-order valence-electron chi connectivity index (χ1n) is 10.3. The Balaban J connectivity index is 1.81. The number of methoxy groups -OCH3 is 1. The zero-order valence-corrected chi connectivity index (χ0v) is 18.7. The number of carbonyl (C=O) groups excluding carboxylic acids is 2. The average molecular weight is 439 g/mol. The second-order valence-corrected chi connectivity index (χ2v) is 8.64. The van der Waals surface area contributed by atoms with Crippen LogP contribution in [0.1, 0.15) is 29.9 Å². The van der Waals surface area contributed by atoms with E-state index in [0.29, 0.717) is 18.8 Å². The lowest BCUT2D eigenvalue weighted by Gasteiger charge is -2.43. The van der Waals surface area contributed by atoms with Gasteiger partial charge in [-0.2, -0.15) is 5.10 Å². The van der Waals surface area contributed by atoms with Crippen LogP contribution in [0.5, 0.6) is 0 Å². The number of carbonyl (C=O) groups is 2. The molecule has 3 heterocycles. The molecule has 0 spiro atoms. The van der Waals surface area contributed by atoms with Crippen LogP contribution in [0, 0.1) is 0 Å². The summed E-state index contributed by atoms with van der Waals surface area (Å²) in [4.78, 5) is 29.8. The number of rotatable bonds is 7. The molecule has 162 valence electrons. The van der Waals surface area contributed by atoms with Gasteiger partial charge in [-0.15, -0.1) is 11.3 Å². The van der Waals surface area contributed by atoms with Gasteiger partial charge < -0.3 is 10.1 Å². The smallest absolute Gasteiger partial charge is 0.277 e. The number of para-hydroxylation sites is 1. The Labute approximate surface area is 185 Å². The third-order valence-corrected chi connectivity index (χ3v) is 6.51. The third-order valence-electron chi connectivity index (χ3n) is 5.62. The minimum Gasteiger partial charge on any atom is -0.383 e. The fraction of sp³-hybridized carbons (Fsp3) is 0.348. The van der Waals surface area contributed by atoms with Crippen molar-refractivity contribution in [3.63, 3.8) is 0 Å². The highest BCUT2D eigenvalue weighted by Gasteiger charge is 2.49. The standard InChI is InChI=1S/C23H26N4O3S/c1-4-16-8-5-6-9-18(16)27-21(28)19-14-17(20-10-7-13-31-20)25-26(19)15-23(27,2)22(29)24-11-12-30-3/h5-10,13-14H,4,11-12,15H2,1-3H3,(H,24,29)/t23-/m0/s1. The second kappa shape index (κ2) is 8.64. The quantitative estimate of drug-likeness (QED) is 0.574. The summed E-state index contributed by atoms with van der Waals surface area (Å²) in [6.07, 6.45) is 0.751. The van der Waals surface area contributed by atoms with Crippen LogP contribution in [0.2, 0.25) is 0 Å². The van der Waals surface area contributed by atoms with E-state index < -0.39 is 5.54 Å². The van der Waals surface area contributed by atoms with Gasteiger partial charge in [0, 0.05) is 19.3 Å². The summed E-state index contributed by atoms with van der Waals surface area (Å²) in [6, 6.07) is 13.5. The molecule has 0 radical (unpaired) electrons. The van der Waals surface area contributed by atoms with E-state index in [-0.39, 0.29) is 18.4 Å². The molecule has 1 aliphatic rings. The number of hydrogen-bond donors (Lipinski definition) is 1. The van der Waals surface area contributed by atoms with E-state index in [2.05, 4.69) is 10.4 Å². The molecule has 0 aliphatic carbocycles. The van der Waals surface area contributed by atoms with Crippen molar-refractivity contribution in [2.24, 2.45) is 0 Å². The molecular weight excluding hydrogens is 412 g/mol. The van der Waals surface area contributed by atoms with Gasteiger partial charge in [-0.1, -0.05) is 31.2 Å². The largest absolute Gasteiger partial charge is 0.383 e.